The second-order valence-electron chi connectivity index (χ2n) is 4.46. The predicted molar refractivity (Wildman–Crippen MR) is 72.3 cm³/mol. The van der Waals surface area contributed by atoms with E-state index in [1.165, 1.54) is 27.6 Å². The molecule has 3 aromatic rings. The fraction of sp³-hybridized carbons (Fsp3) is 0.125. The SMILES string of the molecule is Cc1ccccc1Cc1[nH]cc2ccccc12. The second kappa shape index (κ2) is 4.10. The average molecular weight is 221 g/mol. The van der Waals surface area contributed by atoms with Crippen LogP contribution in [-0.4, -0.2) is 4.98 Å². The van der Waals surface area contributed by atoms with Crippen molar-refractivity contribution in [2.75, 3.05) is 0 Å². The minimum Gasteiger partial charge on any atom is -0.364 e. The van der Waals surface area contributed by atoms with Crippen LogP contribution in [0.4, 0.5) is 0 Å². The van der Waals surface area contributed by atoms with Crippen molar-refractivity contribution in [1.29, 1.82) is 0 Å². The lowest BCUT2D eigenvalue weighted by Crippen LogP contribution is -1.91. The van der Waals surface area contributed by atoms with Crippen molar-refractivity contribution in [2.24, 2.45) is 0 Å². The van der Waals surface area contributed by atoms with Gasteiger partial charge in [0, 0.05) is 23.7 Å². The first-order valence-electron chi connectivity index (χ1n) is 5.94. The van der Waals surface area contributed by atoms with Crippen LogP contribution in [0.15, 0.2) is 54.7 Å². The van der Waals surface area contributed by atoms with Gasteiger partial charge in [-0.2, -0.15) is 0 Å². The van der Waals surface area contributed by atoms with Crippen LogP contribution in [0.3, 0.4) is 0 Å². The summed E-state index contributed by atoms with van der Waals surface area (Å²) in [6.45, 7) is 2.17. The lowest BCUT2D eigenvalue weighted by molar-refractivity contribution is 1.10. The summed E-state index contributed by atoms with van der Waals surface area (Å²) in [5, 5.41) is 2.62. The number of rotatable bonds is 2. The van der Waals surface area contributed by atoms with E-state index in [4.69, 9.17) is 0 Å². The van der Waals surface area contributed by atoms with Gasteiger partial charge in [-0.1, -0.05) is 48.5 Å². The number of fused-ring (bicyclic) bond motifs is 1. The van der Waals surface area contributed by atoms with Gasteiger partial charge in [0.1, 0.15) is 0 Å². The van der Waals surface area contributed by atoms with Crippen molar-refractivity contribution in [3.8, 4) is 0 Å². The minimum absolute atomic E-state index is 0.972. The molecule has 0 aliphatic carbocycles. The number of aromatic nitrogens is 1. The van der Waals surface area contributed by atoms with Crippen LogP contribution in [-0.2, 0) is 6.42 Å². The maximum atomic E-state index is 3.39. The molecule has 0 amide bonds. The summed E-state index contributed by atoms with van der Waals surface area (Å²) in [7, 11) is 0. The Morgan fingerprint density at radius 1 is 0.941 bits per heavy atom. The molecule has 0 spiro atoms. The lowest BCUT2D eigenvalue weighted by Gasteiger charge is -2.04. The first-order valence-corrected chi connectivity index (χ1v) is 5.94. The Morgan fingerprint density at radius 3 is 2.59 bits per heavy atom. The maximum absolute atomic E-state index is 3.39. The first kappa shape index (κ1) is 10.2. The first-order chi connectivity index (χ1) is 8.34. The van der Waals surface area contributed by atoms with Crippen LogP contribution >= 0.6 is 0 Å². The van der Waals surface area contributed by atoms with Crippen molar-refractivity contribution >= 4 is 10.8 Å². The molecule has 0 unspecified atom stereocenters. The molecule has 0 aliphatic rings. The second-order valence-corrected chi connectivity index (χ2v) is 4.46. The molecule has 17 heavy (non-hydrogen) atoms. The number of aromatic amines is 1. The quantitative estimate of drug-likeness (QED) is 0.671. The summed E-state index contributed by atoms with van der Waals surface area (Å²) < 4.78 is 0. The molecule has 1 nitrogen and oxygen atoms in total. The van der Waals surface area contributed by atoms with Gasteiger partial charge in [-0.05, 0) is 23.4 Å². The molecule has 1 heteroatoms. The van der Waals surface area contributed by atoms with E-state index in [9.17, 15) is 0 Å². The summed E-state index contributed by atoms with van der Waals surface area (Å²) in [5.74, 6) is 0. The van der Waals surface area contributed by atoms with E-state index in [1.54, 1.807) is 0 Å². The highest BCUT2D eigenvalue weighted by atomic mass is 14.7. The van der Waals surface area contributed by atoms with Crippen molar-refractivity contribution in [3.63, 3.8) is 0 Å². The zero-order valence-electron chi connectivity index (χ0n) is 9.90. The third-order valence-corrected chi connectivity index (χ3v) is 3.32. The molecule has 0 radical (unpaired) electrons. The molecule has 0 bridgehead atoms. The molecule has 1 N–H and O–H groups in total. The molecule has 0 saturated heterocycles. The standard InChI is InChI=1S/C16H15N/c1-12-6-2-3-7-13(12)10-16-15-9-5-4-8-14(15)11-17-16/h2-9,11,17H,10H2,1H3. The van der Waals surface area contributed by atoms with Crippen LogP contribution in [0.1, 0.15) is 16.8 Å². The molecule has 84 valence electrons. The number of H-pyrrole nitrogens is 1. The Morgan fingerprint density at radius 2 is 1.71 bits per heavy atom. The zero-order chi connectivity index (χ0) is 11.7. The molecular formula is C16H15N. The molecule has 3 rings (SSSR count). The van der Waals surface area contributed by atoms with Gasteiger partial charge in [-0.15, -0.1) is 0 Å². The van der Waals surface area contributed by atoms with Gasteiger partial charge in [0.15, 0.2) is 0 Å². The van der Waals surface area contributed by atoms with Crippen molar-refractivity contribution in [3.05, 3.63) is 71.5 Å². The van der Waals surface area contributed by atoms with Crippen LogP contribution in [0.25, 0.3) is 10.8 Å². The van der Waals surface area contributed by atoms with Crippen molar-refractivity contribution in [2.45, 2.75) is 13.3 Å². The zero-order valence-corrected chi connectivity index (χ0v) is 9.90. The van der Waals surface area contributed by atoms with E-state index in [0.29, 0.717) is 0 Å². The Hall–Kier alpha value is -2.02. The van der Waals surface area contributed by atoms with Gasteiger partial charge in [0.25, 0.3) is 0 Å². The Kier molecular flexibility index (Phi) is 2.45. The molecule has 2 aromatic carbocycles. The highest BCUT2D eigenvalue weighted by molar-refractivity contribution is 5.85. The Labute approximate surface area is 101 Å². The lowest BCUT2D eigenvalue weighted by atomic mass is 10.0. The fourth-order valence-electron chi connectivity index (χ4n) is 2.29. The smallest absolute Gasteiger partial charge is 0.0271 e. The van der Waals surface area contributed by atoms with Gasteiger partial charge in [-0.3, -0.25) is 0 Å². The third-order valence-electron chi connectivity index (χ3n) is 3.32. The van der Waals surface area contributed by atoms with Crippen molar-refractivity contribution in [1.82, 2.24) is 4.98 Å². The molecule has 0 atom stereocenters. The van der Waals surface area contributed by atoms with Gasteiger partial charge >= 0.3 is 0 Å². The van der Waals surface area contributed by atoms with Gasteiger partial charge in [0.05, 0.1) is 0 Å². The van der Waals surface area contributed by atoms with Gasteiger partial charge < -0.3 is 4.98 Å². The average Bonchev–Trinajstić information content (AvgIpc) is 2.76. The van der Waals surface area contributed by atoms with E-state index in [0.717, 1.165) is 6.42 Å². The van der Waals surface area contributed by atoms with E-state index in [2.05, 4.69) is 66.6 Å². The number of aryl methyl sites for hydroxylation is 1. The molecule has 1 aromatic heterocycles. The van der Waals surface area contributed by atoms with E-state index in [-0.39, 0.29) is 0 Å². The molecule has 0 saturated carbocycles. The molecule has 1 heterocycles. The van der Waals surface area contributed by atoms with E-state index < -0.39 is 0 Å². The topological polar surface area (TPSA) is 15.8 Å². The Bertz CT molecular complexity index is 649. The summed E-state index contributed by atoms with van der Waals surface area (Å²) in [5.41, 5.74) is 4.04. The molecule has 0 fully saturated rings. The van der Waals surface area contributed by atoms with Gasteiger partial charge in [-0.25, -0.2) is 0 Å². The van der Waals surface area contributed by atoms with Crippen LogP contribution in [0.5, 0.6) is 0 Å². The largest absolute Gasteiger partial charge is 0.364 e. The predicted octanol–water partition coefficient (Wildman–Crippen LogP) is 4.07. The third kappa shape index (κ3) is 1.84. The van der Waals surface area contributed by atoms with E-state index >= 15 is 0 Å². The summed E-state index contributed by atoms with van der Waals surface area (Å²) >= 11 is 0. The number of hydrogen-bond acceptors (Lipinski definition) is 0. The fourth-order valence-corrected chi connectivity index (χ4v) is 2.29. The van der Waals surface area contributed by atoms with Crippen molar-refractivity contribution < 1.29 is 0 Å². The minimum atomic E-state index is 0.972. The monoisotopic (exact) mass is 221 g/mol. The number of nitrogens with one attached hydrogen (secondary N) is 1. The summed E-state index contributed by atoms with van der Waals surface area (Å²) in [6, 6.07) is 17.1. The summed E-state index contributed by atoms with van der Waals surface area (Å²) in [6.07, 6.45) is 3.06. The van der Waals surface area contributed by atoms with Crippen LogP contribution < -0.4 is 0 Å². The molecule has 0 aliphatic heterocycles. The van der Waals surface area contributed by atoms with Crippen LogP contribution in [0, 0.1) is 6.92 Å². The number of hydrogen-bond donors (Lipinski definition) is 1. The Balaban J connectivity index is 2.03. The molecular weight excluding hydrogens is 206 g/mol. The normalized spacial score (nSPS) is 10.9. The van der Waals surface area contributed by atoms with Gasteiger partial charge in [0.2, 0.25) is 0 Å². The number of benzene rings is 2. The highest BCUT2D eigenvalue weighted by Crippen LogP contribution is 2.21. The van der Waals surface area contributed by atoms with Crippen LogP contribution in [0.2, 0.25) is 0 Å². The maximum Gasteiger partial charge on any atom is 0.0271 e. The highest BCUT2D eigenvalue weighted by Gasteiger charge is 2.05. The van der Waals surface area contributed by atoms with E-state index in [1.807, 2.05) is 0 Å². The summed E-state index contributed by atoms with van der Waals surface area (Å²) in [4.78, 5) is 3.39.